The van der Waals surface area contributed by atoms with Gasteiger partial charge < -0.3 is 23.2 Å². The fourth-order valence-corrected chi connectivity index (χ4v) is 14.7. The van der Waals surface area contributed by atoms with Gasteiger partial charge in [0.1, 0.15) is 0 Å². The fourth-order valence-electron chi connectivity index (χ4n) is 14.7. The monoisotopic (exact) mass is 1100 g/mol. The highest BCUT2D eigenvalue weighted by Crippen LogP contribution is 2.54. The van der Waals surface area contributed by atoms with Crippen LogP contribution < -0.4 is 4.90 Å². The minimum atomic E-state index is -0.396. The summed E-state index contributed by atoms with van der Waals surface area (Å²) in [4.78, 5) is 8.39. The number of fused-ring (bicyclic) bond motifs is 18. The molecule has 0 bridgehead atoms. The molecule has 6 heteroatoms. The van der Waals surface area contributed by atoms with Gasteiger partial charge in [0.15, 0.2) is 0 Å². The van der Waals surface area contributed by atoms with Crippen molar-refractivity contribution >= 4 is 126 Å². The van der Waals surface area contributed by atoms with E-state index in [9.17, 15) is 0 Å². The van der Waals surface area contributed by atoms with Crippen LogP contribution in [0.1, 0.15) is 25.0 Å². The van der Waals surface area contributed by atoms with Crippen molar-refractivity contribution in [1.82, 2.24) is 23.3 Å². The summed E-state index contributed by atoms with van der Waals surface area (Å²) < 4.78 is 9.80. The molecule has 0 aliphatic carbocycles. The first kappa shape index (κ1) is 48.3. The fraction of sp³-hybridized carbons (Fsp3) is 0.0375. The van der Waals surface area contributed by atoms with E-state index in [0.717, 1.165) is 121 Å². The summed E-state index contributed by atoms with van der Waals surface area (Å²) in [5.74, 6) is 0. The number of para-hydroxylation sites is 10. The van der Waals surface area contributed by atoms with E-state index in [-0.39, 0.29) is 0 Å². The van der Waals surface area contributed by atoms with E-state index in [1.807, 2.05) is 0 Å². The molecule has 18 rings (SSSR count). The molecular weight excluding hydrogens is 1040 g/mol. The van der Waals surface area contributed by atoms with E-state index in [1.54, 1.807) is 0 Å². The van der Waals surface area contributed by atoms with Gasteiger partial charge in [0.05, 0.1) is 72.9 Å². The van der Waals surface area contributed by atoms with E-state index >= 15 is 0 Å². The highest BCUT2D eigenvalue weighted by molar-refractivity contribution is 6.28. The standard InChI is InChI=1S/C80H54N6/c1-80(2)67-34-16-21-39-73(67)82(51-24-6-3-7-25-51)76-47-63-61-44-54(85-69-35-17-12-30-57(69)58-31-13-18-36-70(58)85)42-43-56(61)62-48-77-78(84(53-28-10-5-11-29-53)75-41-23-22-40-74(75)83(77)52-26-8-4-9-27-52)49-64(62)65-45-55(50-81-79(65)66(63)46-68(76)80)86-71-37-19-14-32-59(71)60-33-15-20-38-72(60)86/h3-50H,1-2H3. The predicted molar refractivity (Wildman–Crippen MR) is 361 cm³/mol. The molecule has 0 amide bonds. The van der Waals surface area contributed by atoms with Crippen LogP contribution in [0.4, 0.5) is 17.1 Å². The predicted octanol–water partition coefficient (Wildman–Crippen LogP) is 21.0. The summed E-state index contributed by atoms with van der Waals surface area (Å²) in [6.45, 7) is 4.79. The van der Waals surface area contributed by atoms with Gasteiger partial charge in [-0.1, -0.05) is 178 Å². The molecular formula is C80H54N6. The SMILES string of the molecule is CC1(C)c2ccccc2N(c2ccccc2)c2cc3c4cc(-n5c6ccccc6c6ccccc65)ccc4c4cc5c(cc4c4cc(-n6c7ccccc7c7ccccc76)cnc4c3cc21)n(-c1ccccc1)c1ccccc1n5-c1ccccc1. The van der Waals surface area contributed by atoms with Gasteiger partial charge in [0, 0.05) is 60.5 Å². The summed E-state index contributed by atoms with van der Waals surface area (Å²) in [5.41, 5.74) is 19.6. The van der Waals surface area contributed by atoms with E-state index in [0.29, 0.717) is 0 Å². The molecule has 17 aromatic rings. The third-order valence-electron chi connectivity index (χ3n) is 18.6. The Morgan fingerprint density at radius 3 is 1.19 bits per heavy atom. The molecule has 0 unspecified atom stereocenters. The number of pyridine rings is 1. The first-order chi connectivity index (χ1) is 42.5. The Balaban J connectivity index is 1.10. The zero-order valence-corrected chi connectivity index (χ0v) is 47.4. The molecule has 0 saturated heterocycles. The number of hydrogen-bond donors (Lipinski definition) is 0. The molecule has 0 N–H and O–H groups in total. The van der Waals surface area contributed by atoms with Gasteiger partial charge in [0.25, 0.3) is 0 Å². The molecule has 1 aliphatic heterocycles. The van der Waals surface area contributed by atoms with Crippen molar-refractivity contribution in [3.05, 3.63) is 302 Å². The van der Waals surface area contributed by atoms with Gasteiger partial charge in [-0.2, -0.15) is 0 Å². The molecule has 0 radical (unpaired) electrons. The van der Waals surface area contributed by atoms with Crippen LogP contribution in [0.5, 0.6) is 0 Å². The van der Waals surface area contributed by atoms with Crippen molar-refractivity contribution in [2.75, 3.05) is 4.90 Å². The average molecular weight is 1100 g/mol. The average Bonchev–Trinajstić information content (AvgIpc) is 1.33. The van der Waals surface area contributed by atoms with Crippen LogP contribution in [0.3, 0.4) is 0 Å². The summed E-state index contributed by atoms with van der Waals surface area (Å²) in [6.07, 6.45) is 2.12. The van der Waals surface area contributed by atoms with Gasteiger partial charge >= 0.3 is 0 Å². The van der Waals surface area contributed by atoms with E-state index in [1.165, 1.54) is 38.4 Å². The minimum Gasteiger partial charge on any atom is -0.310 e. The molecule has 0 saturated carbocycles. The van der Waals surface area contributed by atoms with Gasteiger partial charge in [0.2, 0.25) is 0 Å². The Bertz CT molecular complexity index is 5640. The maximum atomic E-state index is 5.90. The molecule has 4 aromatic heterocycles. The van der Waals surface area contributed by atoms with Gasteiger partial charge in [-0.3, -0.25) is 4.98 Å². The Labute approximate surface area is 495 Å². The molecule has 6 nitrogen and oxygen atoms in total. The topological polar surface area (TPSA) is 35.9 Å². The Morgan fingerprint density at radius 2 is 0.640 bits per heavy atom. The highest BCUT2D eigenvalue weighted by Gasteiger charge is 2.37. The van der Waals surface area contributed by atoms with Crippen LogP contribution in [-0.4, -0.2) is 23.3 Å². The zero-order chi connectivity index (χ0) is 56.8. The van der Waals surface area contributed by atoms with Crippen molar-refractivity contribution in [3.8, 4) is 22.7 Å². The number of hydrogen-bond acceptors (Lipinski definition) is 2. The largest absolute Gasteiger partial charge is 0.310 e. The third kappa shape index (κ3) is 6.92. The maximum absolute atomic E-state index is 5.90. The summed E-state index contributed by atoms with van der Waals surface area (Å²) in [7, 11) is 0. The zero-order valence-electron chi connectivity index (χ0n) is 47.4. The second-order valence-electron chi connectivity index (χ2n) is 23.5. The van der Waals surface area contributed by atoms with Gasteiger partial charge in [-0.25, -0.2) is 0 Å². The number of anilines is 3. The lowest BCUT2D eigenvalue weighted by atomic mass is 9.72. The second-order valence-corrected chi connectivity index (χ2v) is 23.5. The molecule has 86 heavy (non-hydrogen) atoms. The van der Waals surface area contributed by atoms with E-state index in [4.69, 9.17) is 4.98 Å². The van der Waals surface area contributed by atoms with Crippen LogP contribution >= 0.6 is 0 Å². The van der Waals surface area contributed by atoms with Crippen LogP contribution in [0, 0.1) is 0 Å². The Kier molecular flexibility index (Phi) is 10.3. The number of nitrogens with zero attached hydrogens (tertiary/aromatic N) is 6. The molecule has 0 atom stereocenters. The molecule has 0 fully saturated rings. The minimum absolute atomic E-state index is 0.396. The molecule has 404 valence electrons. The lowest BCUT2D eigenvalue weighted by Gasteiger charge is -2.42. The first-order valence-corrected chi connectivity index (χ1v) is 29.7. The van der Waals surface area contributed by atoms with Crippen LogP contribution in [0.15, 0.2) is 291 Å². The summed E-state index contributed by atoms with van der Waals surface area (Å²) in [5, 5.41) is 12.5. The maximum Gasteiger partial charge on any atom is 0.0788 e. The van der Waals surface area contributed by atoms with E-state index < -0.39 is 5.41 Å². The van der Waals surface area contributed by atoms with Gasteiger partial charge in [-0.05, 0) is 159 Å². The first-order valence-electron chi connectivity index (χ1n) is 29.7. The lowest BCUT2D eigenvalue weighted by molar-refractivity contribution is 0.633. The second kappa shape index (κ2) is 18.4. The molecule has 0 spiro atoms. The van der Waals surface area contributed by atoms with Crippen LogP contribution in [0.2, 0.25) is 0 Å². The Hall–Kier alpha value is -11.2. The van der Waals surface area contributed by atoms with Crippen molar-refractivity contribution in [3.63, 3.8) is 0 Å². The summed E-state index contributed by atoms with van der Waals surface area (Å²) in [6, 6.07) is 105. The Morgan fingerprint density at radius 1 is 0.244 bits per heavy atom. The van der Waals surface area contributed by atoms with Crippen LogP contribution in [-0.2, 0) is 5.41 Å². The number of aromatic nitrogens is 5. The van der Waals surface area contributed by atoms with Crippen LogP contribution in [0.25, 0.3) is 132 Å². The molecule has 1 aliphatic rings. The van der Waals surface area contributed by atoms with Crippen molar-refractivity contribution in [2.24, 2.45) is 0 Å². The van der Waals surface area contributed by atoms with Crippen molar-refractivity contribution < 1.29 is 0 Å². The summed E-state index contributed by atoms with van der Waals surface area (Å²) >= 11 is 0. The third-order valence-corrected chi connectivity index (χ3v) is 18.6. The quantitative estimate of drug-likeness (QED) is 0.161. The highest BCUT2D eigenvalue weighted by atomic mass is 15.2. The normalized spacial score (nSPS) is 13.1. The number of rotatable bonds is 5. The molecule has 13 aromatic carbocycles. The van der Waals surface area contributed by atoms with Crippen molar-refractivity contribution in [1.29, 1.82) is 0 Å². The molecule has 5 heterocycles. The smallest absolute Gasteiger partial charge is 0.0788 e. The van der Waals surface area contributed by atoms with Gasteiger partial charge in [-0.15, -0.1) is 0 Å². The lowest BCUT2D eigenvalue weighted by Crippen LogP contribution is -2.30. The van der Waals surface area contributed by atoms with E-state index in [2.05, 4.69) is 328 Å². The van der Waals surface area contributed by atoms with Crippen molar-refractivity contribution in [2.45, 2.75) is 19.3 Å². The number of benzene rings is 12.